The van der Waals surface area contributed by atoms with Crippen LogP contribution in [0.15, 0.2) is 47.2 Å². The first-order valence-corrected chi connectivity index (χ1v) is 6.84. The van der Waals surface area contributed by atoms with Gasteiger partial charge in [0, 0.05) is 6.20 Å². The van der Waals surface area contributed by atoms with Crippen LogP contribution in [0.1, 0.15) is 21.8 Å². The van der Waals surface area contributed by atoms with E-state index in [1.54, 1.807) is 19.2 Å². The molecule has 0 saturated carbocycles. The first-order valence-electron chi connectivity index (χ1n) is 6.84. The average Bonchev–Trinajstić information content (AvgIpc) is 2.95. The molecule has 0 atom stereocenters. The molecule has 0 aliphatic carbocycles. The van der Waals surface area contributed by atoms with Gasteiger partial charge in [-0.1, -0.05) is 11.2 Å². The monoisotopic (exact) mass is 311 g/mol. The van der Waals surface area contributed by atoms with E-state index in [-0.39, 0.29) is 12.3 Å². The SMILES string of the molecule is Cc1onc(-c2ccccn2)c1COc1ccc(C(=O)O)nc1. The number of carbonyl (C=O) groups is 1. The van der Waals surface area contributed by atoms with Crippen LogP contribution in [-0.4, -0.2) is 26.2 Å². The van der Waals surface area contributed by atoms with Gasteiger partial charge < -0.3 is 14.4 Å². The molecule has 0 aliphatic rings. The van der Waals surface area contributed by atoms with E-state index in [1.165, 1.54) is 12.3 Å². The number of aromatic carboxylic acids is 1. The third-order valence-electron chi connectivity index (χ3n) is 3.23. The molecule has 0 aliphatic heterocycles. The molecule has 0 spiro atoms. The zero-order chi connectivity index (χ0) is 16.2. The van der Waals surface area contributed by atoms with Crippen LogP contribution < -0.4 is 4.74 Å². The van der Waals surface area contributed by atoms with Crippen LogP contribution in [0, 0.1) is 6.92 Å². The first-order chi connectivity index (χ1) is 11.1. The van der Waals surface area contributed by atoms with E-state index in [0.29, 0.717) is 22.9 Å². The maximum atomic E-state index is 10.8. The van der Waals surface area contributed by atoms with Gasteiger partial charge in [0.1, 0.15) is 29.5 Å². The van der Waals surface area contributed by atoms with Crippen molar-refractivity contribution in [1.82, 2.24) is 15.1 Å². The van der Waals surface area contributed by atoms with Crippen molar-refractivity contribution in [3.8, 4) is 17.1 Å². The lowest BCUT2D eigenvalue weighted by atomic mass is 10.1. The number of pyridine rings is 2. The molecular weight excluding hydrogens is 298 g/mol. The van der Waals surface area contributed by atoms with Gasteiger partial charge in [-0.25, -0.2) is 9.78 Å². The van der Waals surface area contributed by atoms with E-state index in [1.807, 2.05) is 18.2 Å². The molecule has 0 bridgehead atoms. The van der Waals surface area contributed by atoms with Gasteiger partial charge in [0.2, 0.25) is 0 Å². The smallest absolute Gasteiger partial charge is 0.354 e. The van der Waals surface area contributed by atoms with Gasteiger partial charge in [0.25, 0.3) is 0 Å². The normalized spacial score (nSPS) is 10.5. The van der Waals surface area contributed by atoms with Crippen molar-refractivity contribution in [3.63, 3.8) is 0 Å². The van der Waals surface area contributed by atoms with Crippen LogP contribution in [0.3, 0.4) is 0 Å². The minimum Gasteiger partial charge on any atom is -0.487 e. The highest BCUT2D eigenvalue weighted by Crippen LogP contribution is 2.24. The number of hydrogen-bond acceptors (Lipinski definition) is 6. The summed E-state index contributed by atoms with van der Waals surface area (Å²) in [6.45, 7) is 2.01. The molecule has 0 fully saturated rings. The number of nitrogens with zero attached hydrogens (tertiary/aromatic N) is 3. The van der Waals surface area contributed by atoms with E-state index in [2.05, 4.69) is 15.1 Å². The molecule has 3 aromatic rings. The van der Waals surface area contributed by atoms with Gasteiger partial charge >= 0.3 is 5.97 Å². The number of ether oxygens (including phenoxy) is 1. The van der Waals surface area contributed by atoms with E-state index >= 15 is 0 Å². The topological polar surface area (TPSA) is 98.3 Å². The summed E-state index contributed by atoms with van der Waals surface area (Å²) in [5.74, 6) is 0.0206. The molecule has 116 valence electrons. The molecule has 0 aromatic carbocycles. The number of rotatable bonds is 5. The summed E-state index contributed by atoms with van der Waals surface area (Å²) in [5.41, 5.74) is 2.07. The minimum atomic E-state index is -1.08. The van der Waals surface area contributed by atoms with Gasteiger partial charge in [0.05, 0.1) is 17.5 Å². The Kier molecular flexibility index (Phi) is 4.01. The highest BCUT2D eigenvalue weighted by molar-refractivity contribution is 5.85. The molecule has 23 heavy (non-hydrogen) atoms. The van der Waals surface area contributed by atoms with E-state index in [0.717, 1.165) is 5.56 Å². The van der Waals surface area contributed by atoms with Crippen LogP contribution in [0.4, 0.5) is 0 Å². The Morgan fingerprint density at radius 1 is 1.26 bits per heavy atom. The molecule has 3 aromatic heterocycles. The standard InChI is InChI=1S/C16H13N3O4/c1-10-12(15(19-23-10)13-4-2-3-7-17-13)9-22-11-5-6-14(16(20)21)18-8-11/h2-8H,9H2,1H3,(H,20,21). The maximum absolute atomic E-state index is 10.8. The molecule has 3 heterocycles. The third kappa shape index (κ3) is 3.18. The Morgan fingerprint density at radius 2 is 2.13 bits per heavy atom. The van der Waals surface area contributed by atoms with Gasteiger partial charge in [-0.2, -0.15) is 0 Å². The van der Waals surface area contributed by atoms with Crippen LogP contribution in [0.5, 0.6) is 5.75 Å². The third-order valence-corrected chi connectivity index (χ3v) is 3.23. The summed E-state index contributed by atoms with van der Waals surface area (Å²) in [6, 6.07) is 8.47. The van der Waals surface area contributed by atoms with Crippen molar-refractivity contribution in [2.45, 2.75) is 13.5 Å². The predicted molar refractivity (Wildman–Crippen MR) is 80.0 cm³/mol. The summed E-state index contributed by atoms with van der Waals surface area (Å²) in [5, 5.41) is 12.8. The van der Waals surface area contributed by atoms with Crippen molar-refractivity contribution in [2.75, 3.05) is 0 Å². The molecule has 0 saturated heterocycles. The number of aryl methyl sites for hydroxylation is 1. The predicted octanol–water partition coefficient (Wildman–Crippen LogP) is 2.72. The van der Waals surface area contributed by atoms with E-state index in [9.17, 15) is 4.79 Å². The molecular formula is C16H13N3O4. The first kappa shape index (κ1) is 14.7. The second-order valence-corrected chi connectivity index (χ2v) is 4.75. The van der Waals surface area contributed by atoms with Crippen molar-refractivity contribution in [1.29, 1.82) is 0 Å². The van der Waals surface area contributed by atoms with Crippen LogP contribution in [-0.2, 0) is 6.61 Å². The molecule has 0 radical (unpaired) electrons. The summed E-state index contributed by atoms with van der Waals surface area (Å²) in [6.07, 6.45) is 3.05. The molecule has 7 nitrogen and oxygen atoms in total. The Bertz CT molecular complexity index is 813. The number of aromatic nitrogens is 3. The van der Waals surface area contributed by atoms with Gasteiger partial charge in [0.15, 0.2) is 0 Å². The largest absolute Gasteiger partial charge is 0.487 e. The fraction of sp³-hybridized carbons (Fsp3) is 0.125. The summed E-state index contributed by atoms with van der Waals surface area (Å²) < 4.78 is 10.9. The van der Waals surface area contributed by atoms with Crippen molar-refractivity contribution in [2.24, 2.45) is 0 Å². The van der Waals surface area contributed by atoms with Gasteiger partial charge in [-0.3, -0.25) is 4.98 Å². The van der Waals surface area contributed by atoms with Crippen molar-refractivity contribution in [3.05, 3.63) is 59.7 Å². The summed E-state index contributed by atoms with van der Waals surface area (Å²) in [4.78, 5) is 18.8. The second kappa shape index (κ2) is 6.27. The fourth-order valence-electron chi connectivity index (χ4n) is 2.01. The van der Waals surface area contributed by atoms with Crippen LogP contribution in [0.25, 0.3) is 11.4 Å². The summed E-state index contributed by atoms with van der Waals surface area (Å²) >= 11 is 0. The lowest BCUT2D eigenvalue weighted by molar-refractivity contribution is 0.0690. The quantitative estimate of drug-likeness (QED) is 0.773. The highest BCUT2D eigenvalue weighted by atomic mass is 16.5. The lowest BCUT2D eigenvalue weighted by Gasteiger charge is -2.06. The Labute approximate surface area is 131 Å². The van der Waals surface area contributed by atoms with E-state index in [4.69, 9.17) is 14.4 Å². The average molecular weight is 311 g/mol. The molecule has 7 heteroatoms. The zero-order valence-electron chi connectivity index (χ0n) is 12.3. The molecule has 1 N–H and O–H groups in total. The van der Waals surface area contributed by atoms with E-state index < -0.39 is 5.97 Å². The minimum absolute atomic E-state index is 0.0346. The number of hydrogen-bond donors (Lipinski definition) is 1. The maximum Gasteiger partial charge on any atom is 0.354 e. The van der Waals surface area contributed by atoms with Crippen molar-refractivity contribution < 1.29 is 19.2 Å². The zero-order valence-corrected chi connectivity index (χ0v) is 12.3. The van der Waals surface area contributed by atoms with Gasteiger partial charge in [-0.15, -0.1) is 0 Å². The second-order valence-electron chi connectivity index (χ2n) is 4.75. The van der Waals surface area contributed by atoms with Gasteiger partial charge in [-0.05, 0) is 31.2 Å². The number of carboxylic acids is 1. The number of carboxylic acid groups (broad SMARTS) is 1. The molecule has 0 amide bonds. The Balaban J connectivity index is 1.78. The van der Waals surface area contributed by atoms with Crippen LogP contribution >= 0.6 is 0 Å². The fourth-order valence-corrected chi connectivity index (χ4v) is 2.01. The summed E-state index contributed by atoms with van der Waals surface area (Å²) in [7, 11) is 0. The van der Waals surface area contributed by atoms with Crippen LogP contribution in [0.2, 0.25) is 0 Å². The Morgan fingerprint density at radius 3 is 2.78 bits per heavy atom. The molecule has 0 unspecified atom stereocenters. The Hall–Kier alpha value is -3.22. The molecule has 3 rings (SSSR count). The highest BCUT2D eigenvalue weighted by Gasteiger charge is 2.16. The van der Waals surface area contributed by atoms with Crippen molar-refractivity contribution >= 4 is 5.97 Å². The lowest BCUT2D eigenvalue weighted by Crippen LogP contribution is -2.02.